The van der Waals surface area contributed by atoms with Crippen molar-refractivity contribution in [2.45, 2.75) is 59.5 Å². The Balaban J connectivity index is 1.55. The molecule has 1 fully saturated rings. The molecule has 4 rings (SSSR count). The number of carbonyl (C=O) groups is 2. The molecule has 0 unspecified atom stereocenters. The molecule has 0 bridgehead atoms. The molecule has 40 heavy (non-hydrogen) atoms. The Labute approximate surface area is 235 Å². The molecule has 2 amide bonds. The van der Waals surface area contributed by atoms with Crippen LogP contribution >= 0.6 is 0 Å². The van der Waals surface area contributed by atoms with E-state index >= 15 is 0 Å². The smallest absolute Gasteiger partial charge is 0.488 e. The van der Waals surface area contributed by atoms with Gasteiger partial charge in [0, 0.05) is 5.92 Å². The number of imide groups is 1. The third-order valence-electron chi connectivity index (χ3n) is 8.39. The number of anilines is 1. The topological polar surface area (TPSA) is 139 Å². The lowest BCUT2D eigenvalue weighted by atomic mass is 9.68. The van der Waals surface area contributed by atoms with Crippen molar-refractivity contribution in [1.82, 2.24) is 0 Å². The van der Waals surface area contributed by atoms with E-state index in [4.69, 9.17) is 0 Å². The van der Waals surface area contributed by atoms with Crippen LogP contribution in [-0.4, -0.2) is 57.0 Å². The van der Waals surface area contributed by atoms with Gasteiger partial charge >= 0.3 is 7.12 Å². The number of hydrogen-bond acceptors (Lipinski definition) is 7. The Morgan fingerprint density at radius 3 is 2.38 bits per heavy atom. The first kappa shape index (κ1) is 29.7. The molecule has 0 spiro atoms. The number of aliphatic hydroxyl groups is 2. The van der Waals surface area contributed by atoms with E-state index in [2.05, 4.69) is 6.08 Å². The molecule has 0 radical (unpaired) electrons. The molecule has 2 aliphatic rings. The van der Waals surface area contributed by atoms with Gasteiger partial charge < -0.3 is 25.4 Å². The van der Waals surface area contributed by atoms with Crippen LogP contribution in [0.2, 0.25) is 0 Å². The van der Waals surface area contributed by atoms with Crippen molar-refractivity contribution in [3.63, 3.8) is 0 Å². The molecule has 1 aliphatic carbocycles. The van der Waals surface area contributed by atoms with Crippen LogP contribution in [0, 0.1) is 31.6 Å². The van der Waals surface area contributed by atoms with Crippen molar-refractivity contribution in [3.05, 3.63) is 69.8 Å². The van der Waals surface area contributed by atoms with Gasteiger partial charge in [-0.1, -0.05) is 36.3 Å². The zero-order valence-corrected chi connectivity index (χ0v) is 23.5. The second-order valence-corrected chi connectivity index (χ2v) is 11.1. The number of aryl methyl sites for hydroxylation is 2. The normalized spacial score (nSPS) is 22.1. The van der Waals surface area contributed by atoms with Gasteiger partial charge in [-0.2, -0.15) is 0 Å². The number of carbonyl (C=O) groups excluding carboxylic acids is 2. The number of aromatic hydroxyl groups is 1. The molecular formula is C31H38BNO7. The molecule has 0 aromatic heterocycles. The number of aliphatic hydroxyl groups excluding tert-OH is 2. The Morgan fingerprint density at radius 1 is 1.10 bits per heavy atom. The Hall–Kier alpha value is -3.24. The van der Waals surface area contributed by atoms with Crippen molar-refractivity contribution in [2.75, 3.05) is 11.5 Å². The van der Waals surface area contributed by atoms with E-state index in [1.54, 1.807) is 12.1 Å². The van der Waals surface area contributed by atoms with E-state index in [0.717, 1.165) is 39.2 Å². The quantitative estimate of drug-likeness (QED) is 0.185. The lowest BCUT2D eigenvalue weighted by Gasteiger charge is -2.35. The number of fused-ring (bicyclic) bond motifs is 1. The average Bonchev–Trinajstić information content (AvgIpc) is 3.17. The van der Waals surface area contributed by atoms with Gasteiger partial charge in [-0.05, 0) is 98.4 Å². The number of phenols is 1. The van der Waals surface area contributed by atoms with Gasteiger partial charge in [0.2, 0.25) is 11.8 Å². The Morgan fingerprint density at radius 2 is 1.77 bits per heavy atom. The maximum absolute atomic E-state index is 13.6. The summed E-state index contributed by atoms with van der Waals surface area (Å²) >= 11 is 0. The van der Waals surface area contributed by atoms with Crippen molar-refractivity contribution in [1.29, 1.82) is 0 Å². The predicted octanol–water partition coefficient (Wildman–Crippen LogP) is 2.76. The molecule has 2 aromatic carbocycles. The molecule has 5 N–H and O–H groups in total. The summed E-state index contributed by atoms with van der Waals surface area (Å²) in [7, 11) is -1.74. The highest BCUT2D eigenvalue weighted by molar-refractivity contribution is 6.58. The van der Waals surface area contributed by atoms with Crippen molar-refractivity contribution < 1.29 is 35.0 Å². The number of amides is 2. The summed E-state index contributed by atoms with van der Waals surface area (Å²) in [5, 5.41) is 50.9. The molecule has 4 atom stereocenters. The summed E-state index contributed by atoms with van der Waals surface area (Å²) in [5.41, 5.74) is 5.55. The molecule has 2 aromatic rings. The minimum absolute atomic E-state index is 0.162. The fourth-order valence-electron chi connectivity index (χ4n) is 6.33. The van der Waals surface area contributed by atoms with Gasteiger partial charge in [0.25, 0.3) is 0 Å². The average molecular weight is 547 g/mol. The third-order valence-corrected chi connectivity index (χ3v) is 8.39. The monoisotopic (exact) mass is 547 g/mol. The number of hydrogen-bond donors (Lipinski definition) is 5. The highest BCUT2D eigenvalue weighted by Crippen LogP contribution is 2.47. The van der Waals surface area contributed by atoms with Crippen LogP contribution in [0.1, 0.15) is 56.2 Å². The molecule has 212 valence electrons. The SMILES string of the molecule is CC/C(=C\c1cc(C)c(O)c(C)c1)CC[C@@H](O)C1=C(C)C[C@H]2C(=O)N(c3cccc(B(O)O)c3)C(=O)[C@H]2[C@H]1CO. The first-order valence-electron chi connectivity index (χ1n) is 13.8. The van der Waals surface area contributed by atoms with Crippen LogP contribution in [0.4, 0.5) is 5.69 Å². The molecule has 9 heteroatoms. The van der Waals surface area contributed by atoms with E-state index in [1.165, 1.54) is 12.1 Å². The standard InChI is InChI=1S/C31H38BNO7/c1-5-20(14-21-11-18(3)29(36)19(4)12-21)9-10-26(35)27-17(2)13-24-28(25(27)16-34)31(38)33(30(24)37)23-8-6-7-22(15-23)32(39)40/h6-8,11-12,14-15,24-26,28,34-36,39-40H,5,9-10,13,16H2,1-4H3/b20-14+/t24-,25+,26-,28-/m1/s1. The highest BCUT2D eigenvalue weighted by atomic mass is 16.4. The first-order valence-corrected chi connectivity index (χ1v) is 13.8. The second-order valence-electron chi connectivity index (χ2n) is 11.1. The minimum Gasteiger partial charge on any atom is -0.507 e. The van der Waals surface area contributed by atoms with E-state index in [-0.39, 0.29) is 29.4 Å². The summed E-state index contributed by atoms with van der Waals surface area (Å²) < 4.78 is 0. The molecule has 8 nitrogen and oxygen atoms in total. The van der Waals surface area contributed by atoms with Gasteiger partial charge in [0.1, 0.15) is 5.75 Å². The largest absolute Gasteiger partial charge is 0.507 e. The van der Waals surface area contributed by atoms with Crippen LogP contribution in [0.5, 0.6) is 5.75 Å². The summed E-state index contributed by atoms with van der Waals surface area (Å²) in [5.74, 6) is -2.72. The highest BCUT2D eigenvalue weighted by Gasteiger charge is 2.54. The van der Waals surface area contributed by atoms with Crippen LogP contribution in [0.15, 0.2) is 53.1 Å². The summed E-state index contributed by atoms with van der Waals surface area (Å²) in [6.45, 7) is 7.23. The van der Waals surface area contributed by atoms with E-state index in [1.807, 2.05) is 39.8 Å². The van der Waals surface area contributed by atoms with Gasteiger partial charge in [0.05, 0.1) is 30.2 Å². The number of nitrogens with zero attached hydrogens (tertiary/aromatic N) is 1. The molecular weight excluding hydrogens is 509 g/mol. The number of benzene rings is 2. The molecule has 1 saturated heterocycles. The van der Waals surface area contributed by atoms with Crippen LogP contribution in [0.25, 0.3) is 6.08 Å². The Bertz CT molecular complexity index is 1340. The lowest BCUT2D eigenvalue weighted by Crippen LogP contribution is -2.39. The van der Waals surface area contributed by atoms with Gasteiger partial charge in [-0.25, -0.2) is 0 Å². The Kier molecular flexibility index (Phi) is 9.00. The lowest BCUT2D eigenvalue weighted by molar-refractivity contribution is -0.123. The van der Waals surface area contributed by atoms with E-state index < -0.39 is 36.9 Å². The summed E-state index contributed by atoms with van der Waals surface area (Å²) in [6, 6.07) is 9.86. The second kappa shape index (κ2) is 12.1. The van der Waals surface area contributed by atoms with Gasteiger partial charge in [-0.15, -0.1) is 0 Å². The number of allylic oxidation sites excluding steroid dienone is 2. The van der Waals surface area contributed by atoms with E-state index in [0.29, 0.717) is 24.8 Å². The number of rotatable bonds is 9. The van der Waals surface area contributed by atoms with Crippen molar-refractivity contribution in [3.8, 4) is 5.75 Å². The molecule has 0 saturated carbocycles. The maximum Gasteiger partial charge on any atom is 0.488 e. The zero-order valence-electron chi connectivity index (χ0n) is 23.5. The van der Waals surface area contributed by atoms with Crippen LogP contribution in [-0.2, 0) is 9.59 Å². The maximum atomic E-state index is 13.6. The molecule has 1 heterocycles. The van der Waals surface area contributed by atoms with Crippen LogP contribution < -0.4 is 10.4 Å². The fraction of sp³-hybridized carbons (Fsp3) is 0.419. The zero-order chi connectivity index (χ0) is 29.3. The minimum atomic E-state index is -1.74. The molecule has 1 aliphatic heterocycles. The van der Waals surface area contributed by atoms with Gasteiger partial charge in [0.15, 0.2) is 0 Å². The first-order chi connectivity index (χ1) is 19.0. The number of phenolic OH excluding ortho intramolecular Hbond substituents is 1. The van der Waals surface area contributed by atoms with Crippen molar-refractivity contribution in [2.24, 2.45) is 17.8 Å². The summed E-state index contributed by atoms with van der Waals surface area (Å²) in [4.78, 5) is 28.1. The van der Waals surface area contributed by atoms with Crippen molar-refractivity contribution >= 4 is 36.2 Å². The van der Waals surface area contributed by atoms with E-state index in [9.17, 15) is 35.0 Å². The summed E-state index contributed by atoms with van der Waals surface area (Å²) in [6.07, 6.45) is 3.28. The predicted molar refractivity (Wildman–Crippen MR) is 155 cm³/mol. The fourth-order valence-corrected chi connectivity index (χ4v) is 6.33. The third kappa shape index (κ3) is 5.65. The van der Waals surface area contributed by atoms with Gasteiger partial charge in [-0.3, -0.25) is 14.5 Å². The van der Waals surface area contributed by atoms with Crippen LogP contribution in [0.3, 0.4) is 0 Å².